The van der Waals surface area contributed by atoms with Gasteiger partial charge in [-0.25, -0.2) is 9.97 Å². The lowest BCUT2D eigenvalue weighted by atomic mass is 10.0. The first-order valence-corrected chi connectivity index (χ1v) is 12.9. The van der Waals surface area contributed by atoms with Crippen molar-refractivity contribution in [3.8, 4) is 11.3 Å². The number of rotatable bonds is 5. The minimum Gasteiger partial charge on any atom is -0.279 e. The first kappa shape index (κ1) is 23.0. The number of carbonyl (C=O) groups excluding carboxylic acids is 1. The SMILES string of the molecule is Cc1cc(C)c2nc(N(Cc3cccnc3)C(=O)c3cc(-c4ccccc4)nc4ccccc34)sc2c1. The molecular formula is C31H24N4OS. The lowest BCUT2D eigenvalue weighted by Crippen LogP contribution is -2.30. The fourth-order valence-electron chi connectivity index (χ4n) is 4.63. The van der Waals surface area contributed by atoms with Crippen LogP contribution in [0, 0.1) is 13.8 Å². The van der Waals surface area contributed by atoms with Gasteiger partial charge in [0.05, 0.1) is 33.5 Å². The van der Waals surface area contributed by atoms with Gasteiger partial charge in [-0.05, 0) is 54.8 Å². The van der Waals surface area contributed by atoms with Crippen LogP contribution in [-0.4, -0.2) is 20.9 Å². The third-order valence-corrected chi connectivity index (χ3v) is 7.40. The standard InChI is InChI=1S/C31H24N4OS/c1-20-15-21(2)29-28(16-20)37-31(34-29)35(19-22-9-8-14-32-18-22)30(36)25-17-27(23-10-4-3-5-11-23)33-26-13-7-6-12-24(25)26/h3-18H,19H2,1-2H3. The van der Waals surface area contributed by atoms with Gasteiger partial charge in [0.2, 0.25) is 0 Å². The molecule has 3 aromatic heterocycles. The van der Waals surface area contributed by atoms with E-state index >= 15 is 0 Å². The summed E-state index contributed by atoms with van der Waals surface area (Å²) in [5.74, 6) is -0.118. The van der Waals surface area contributed by atoms with Crippen molar-refractivity contribution in [3.63, 3.8) is 0 Å². The summed E-state index contributed by atoms with van der Waals surface area (Å²) in [5, 5.41) is 1.48. The molecule has 0 unspecified atom stereocenters. The number of anilines is 1. The number of thiazole rings is 1. The van der Waals surface area contributed by atoms with Crippen LogP contribution in [0.4, 0.5) is 5.13 Å². The van der Waals surface area contributed by atoms with Gasteiger partial charge in [-0.2, -0.15) is 0 Å². The van der Waals surface area contributed by atoms with Crippen LogP contribution in [0.1, 0.15) is 27.0 Å². The number of pyridine rings is 2. The number of benzene rings is 3. The van der Waals surface area contributed by atoms with E-state index in [1.54, 1.807) is 17.3 Å². The third-order valence-electron chi connectivity index (χ3n) is 6.37. The van der Waals surface area contributed by atoms with Crippen molar-refractivity contribution in [3.05, 3.63) is 120 Å². The molecule has 0 saturated carbocycles. The molecule has 0 aliphatic carbocycles. The zero-order chi connectivity index (χ0) is 25.4. The molecule has 5 nitrogen and oxygen atoms in total. The van der Waals surface area contributed by atoms with Crippen molar-refractivity contribution < 1.29 is 4.79 Å². The summed E-state index contributed by atoms with van der Waals surface area (Å²) in [6.45, 7) is 4.51. The summed E-state index contributed by atoms with van der Waals surface area (Å²) >= 11 is 1.54. The minimum atomic E-state index is -0.118. The van der Waals surface area contributed by atoms with Gasteiger partial charge in [-0.15, -0.1) is 0 Å². The smallest absolute Gasteiger partial charge is 0.261 e. The van der Waals surface area contributed by atoms with Gasteiger partial charge in [0.25, 0.3) is 5.91 Å². The number of nitrogens with zero attached hydrogens (tertiary/aromatic N) is 4. The molecule has 0 bridgehead atoms. The van der Waals surface area contributed by atoms with E-state index in [0.29, 0.717) is 17.2 Å². The second-order valence-corrected chi connectivity index (χ2v) is 10.1. The van der Waals surface area contributed by atoms with Gasteiger partial charge >= 0.3 is 0 Å². The van der Waals surface area contributed by atoms with Crippen molar-refractivity contribution >= 4 is 43.5 Å². The molecule has 0 fully saturated rings. The highest BCUT2D eigenvalue weighted by molar-refractivity contribution is 7.22. The van der Waals surface area contributed by atoms with Crippen LogP contribution in [-0.2, 0) is 6.54 Å². The molecule has 180 valence electrons. The molecule has 6 heteroatoms. The van der Waals surface area contributed by atoms with Gasteiger partial charge in [0.1, 0.15) is 0 Å². The second-order valence-electron chi connectivity index (χ2n) is 9.12. The largest absolute Gasteiger partial charge is 0.279 e. The first-order chi connectivity index (χ1) is 18.1. The molecule has 0 atom stereocenters. The maximum atomic E-state index is 14.4. The molecule has 0 saturated heterocycles. The van der Waals surface area contributed by atoms with Crippen molar-refractivity contribution in [2.24, 2.45) is 0 Å². The summed E-state index contributed by atoms with van der Waals surface area (Å²) in [7, 11) is 0. The fourth-order valence-corrected chi connectivity index (χ4v) is 5.77. The number of carbonyl (C=O) groups is 1. The second kappa shape index (κ2) is 9.56. The topological polar surface area (TPSA) is 59.0 Å². The molecule has 37 heavy (non-hydrogen) atoms. The van der Waals surface area contributed by atoms with E-state index in [2.05, 4.69) is 31.0 Å². The van der Waals surface area contributed by atoms with Crippen molar-refractivity contribution in [1.29, 1.82) is 0 Å². The van der Waals surface area contributed by atoms with Crippen LogP contribution < -0.4 is 4.90 Å². The number of aromatic nitrogens is 3. The molecule has 0 N–H and O–H groups in total. The van der Waals surface area contributed by atoms with Gasteiger partial charge < -0.3 is 0 Å². The summed E-state index contributed by atoms with van der Waals surface area (Å²) < 4.78 is 1.07. The zero-order valence-electron chi connectivity index (χ0n) is 20.6. The van der Waals surface area contributed by atoms with Crippen LogP contribution >= 0.6 is 11.3 Å². The minimum absolute atomic E-state index is 0.118. The predicted octanol–water partition coefficient (Wildman–Crippen LogP) is 7.37. The Morgan fingerprint density at radius 2 is 1.70 bits per heavy atom. The Labute approximate surface area is 219 Å². The monoisotopic (exact) mass is 500 g/mol. The number of hydrogen-bond acceptors (Lipinski definition) is 5. The third kappa shape index (κ3) is 4.47. The molecule has 0 aliphatic rings. The van der Waals surface area contributed by atoms with E-state index < -0.39 is 0 Å². The Bertz CT molecular complexity index is 1750. The van der Waals surface area contributed by atoms with E-state index in [1.807, 2.05) is 72.8 Å². The van der Waals surface area contributed by atoms with E-state index in [4.69, 9.17) is 9.97 Å². The Morgan fingerprint density at radius 1 is 0.892 bits per heavy atom. The van der Waals surface area contributed by atoms with Crippen molar-refractivity contribution in [2.75, 3.05) is 4.90 Å². The van der Waals surface area contributed by atoms with Crippen molar-refractivity contribution in [1.82, 2.24) is 15.0 Å². The van der Waals surface area contributed by atoms with Crippen LogP contribution in [0.25, 0.3) is 32.4 Å². The molecule has 6 rings (SSSR count). The number of amides is 1. The summed E-state index contributed by atoms with van der Waals surface area (Å²) in [4.78, 5) is 30.3. The van der Waals surface area contributed by atoms with Gasteiger partial charge in [-0.1, -0.05) is 72.0 Å². The number of hydrogen-bond donors (Lipinski definition) is 0. The highest BCUT2D eigenvalue weighted by atomic mass is 32.1. The van der Waals surface area contributed by atoms with Gasteiger partial charge in [0.15, 0.2) is 5.13 Å². The normalized spacial score (nSPS) is 11.2. The molecule has 6 aromatic rings. The van der Waals surface area contributed by atoms with Crippen LogP contribution in [0.5, 0.6) is 0 Å². The number of aryl methyl sites for hydroxylation is 2. The van der Waals surface area contributed by atoms with Gasteiger partial charge in [0, 0.05) is 23.3 Å². The number of fused-ring (bicyclic) bond motifs is 2. The van der Waals surface area contributed by atoms with Crippen LogP contribution in [0.2, 0.25) is 0 Å². The molecule has 0 spiro atoms. The lowest BCUT2D eigenvalue weighted by Gasteiger charge is -2.21. The van der Waals surface area contributed by atoms with Crippen LogP contribution in [0.15, 0.2) is 97.3 Å². The Morgan fingerprint density at radius 3 is 2.51 bits per heavy atom. The molecule has 0 radical (unpaired) electrons. The maximum absolute atomic E-state index is 14.4. The zero-order valence-corrected chi connectivity index (χ0v) is 21.4. The molecule has 0 aliphatic heterocycles. The van der Waals surface area contributed by atoms with Gasteiger partial charge in [-0.3, -0.25) is 14.7 Å². The molecular weight excluding hydrogens is 476 g/mol. The fraction of sp³-hybridized carbons (Fsp3) is 0.0968. The van der Waals surface area contributed by atoms with E-state index in [1.165, 1.54) is 16.9 Å². The predicted molar refractivity (Wildman–Crippen MR) is 151 cm³/mol. The van der Waals surface area contributed by atoms with E-state index in [0.717, 1.165) is 43.5 Å². The van der Waals surface area contributed by atoms with Crippen molar-refractivity contribution in [2.45, 2.75) is 20.4 Å². The molecule has 1 amide bonds. The highest BCUT2D eigenvalue weighted by Crippen LogP contribution is 2.34. The average Bonchev–Trinajstić information content (AvgIpc) is 3.36. The summed E-state index contributed by atoms with van der Waals surface area (Å²) in [6, 6.07) is 27.8. The summed E-state index contributed by atoms with van der Waals surface area (Å²) in [5.41, 5.74) is 7.26. The maximum Gasteiger partial charge on any atom is 0.261 e. The number of para-hydroxylation sites is 1. The molecule has 3 aromatic carbocycles. The Balaban J connectivity index is 1.53. The Hall–Kier alpha value is -4.42. The lowest BCUT2D eigenvalue weighted by molar-refractivity contribution is 0.0986. The quantitative estimate of drug-likeness (QED) is 0.248. The molecule has 3 heterocycles. The summed E-state index contributed by atoms with van der Waals surface area (Å²) in [6.07, 6.45) is 3.53. The van der Waals surface area contributed by atoms with Crippen LogP contribution in [0.3, 0.4) is 0 Å². The van der Waals surface area contributed by atoms with E-state index in [9.17, 15) is 4.79 Å². The van der Waals surface area contributed by atoms with E-state index in [-0.39, 0.29) is 5.91 Å². The first-order valence-electron chi connectivity index (χ1n) is 12.1. The highest BCUT2D eigenvalue weighted by Gasteiger charge is 2.25. The Kier molecular flexibility index (Phi) is 5.94. The average molecular weight is 501 g/mol.